The third kappa shape index (κ3) is 13.8. The lowest BCUT2D eigenvalue weighted by Crippen LogP contribution is -2.00. The fourth-order valence-corrected chi connectivity index (χ4v) is 16.1. The lowest BCUT2D eigenvalue weighted by Gasteiger charge is -2.12. The smallest absolute Gasteiger partial charge is 0.164 e. The van der Waals surface area contributed by atoms with Crippen LogP contribution in [0.25, 0.3) is 201 Å². The number of nitrogens with zero attached hydrogens (tertiary/aromatic N) is 8. The van der Waals surface area contributed by atoms with Gasteiger partial charge in [-0.05, 0) is 157 Å². The second-order valence-electron chi connectivity index (χ2n) is 28.9. The second-order valence-corrected chi connectivity index (χ2v) is 28.9. The predicted octanol–water partition coefficient (Wildman–Crippen LogP) is 27.6. The van der Waals surface area contributed by atoms with E-state index < -0.39 is 0 Å². The minimum atomic E-state index is 0.628. The molecule has 21 aromatic rings. The van der Waals surface area contributed by atoms with Crippen molar-refractivity contribution in [2.75, 3.05) is 0 Å². The number of hydrogen-bond donors (Lipinski definition) is 0. The molecule has 17 aromatic carbocycles. The molecule has 0 saturated heterocycles. The number of hydrogen-bond acceptors (Lipinski definition) is 6. The first-order valence-corrected chi connectivity index (χ1v) is 39.1. The van der Waals surface area contributed by atoms with Crippen molar-refractivity contribution < 1.29 is 0 Å². The molecule has 0 atom stereocenters. The summed E-state index contributed by atoms with van der Waals surface area (Å²) in [5.41, 5.74) is 28.7. The van der Waals surface area contributed by atoms with Gasteiger partial charge in [0.05, 0.1) is 22.1 Å². The molecule has 0 fully saturated rings. The van der Waals surface area contributed by atoms with E-state index in [0.29, 0.717) is 34.9 Å². The zero-order chi connectivity index (χ0) is 77.1. The summed E-state index contributed by atoms with van der Waals surface area (Å²) < 4.78 is 4.82. The van der Waals surface area contributed by atoms with Gasteiger partial charge in [-0.2, -0.15) is 0 Å². The van der Waals surface area contributed by atoms with Crippen LogP contribution in [0.4, 0.5) is 0 Å². The van der Waals surface area contributed by atoms with Crippen molar-refractivity contribution in [1.82, 2.24) is 39.0 Å². The molecule has 544 valence electrons. The van der Waals surface area contributed by atoms with E-state index in [1.807, 2.05) is 121 Å². The van der Waals surface area contributed by atoms with Gasteiger partial charge in [0.25, 0.3) is 0 Å². The van der Waals surface area contributed by atoms with Crippen LogP contribution in [0.15, 0.2) is 437 Å². The first kappa shape index (κ1) is 69.5. The fraction of sp³-hybridized carbons (Fsp3) is 0. The van der Waals surface area contributed by atoms with Gasteiger partial charge in [0.2, 0.25) is 0 Å². The standard InChI is InChI=1S/C57H38N4.C51H34N4/c1-5-17-39(18-6-1)43-25-13-26-44(35-43)45-27-15-30-49(37-45)61-52-34-33-46(40-19-7-2-8-20-40)38-51(52)54-50(31-16-32-53(54)61)47-28-14-29-48(36-47)57-59-55(41-21-9-3-10-22-41)58-56(60-57)42-23-11-4-12-24-42;1-5-16-35(17-6-1)39-24-14-27-43(33-39)55-46-31-30-40(36-18-7-2-8-19-36)34-45(46)48-44(28-15-29-47(48)55)41-25-13-26-42(32-41)51-53-49(37-20-9-3-10-21-37)52-50(54-51)38-22-11-4-12-23-38/h1-38H;1-34H. The van der Waals surface area contributed by atoms with Crippen LogP contribution in [-0.2, 0) is 0 Å². The lowest BCUT2D eigenvalue weighted by atomic mass is 9.96. The molecule has 0 unspecified atom stereocenters. The van der Waals surface area contributed by atoms with E-state index >= 15 is 0 Å². The molecular formula is C108H72N8. The quantitative estimate of drug-likeness (QED) is 0.102. The van der Waals surface area contributed by atoms with Gasteiger partial charge in [-0.25, -0.2) is 29.9 Å². The summed E-state index contributed by atoms with van der Waals surface area (Å²) in [6, 6.07) is 154. The molecule has 0 spiro atoms. The summed E-state index contributed by atoms with van der Waals surface area (Å²) in [5, 5.41) is 4.77. The van der Waals surface area contributed by atoms with Crippen molar-refractivity contribution in [1.29, 1.82) is 0 Å². The van der Waals surface area contributed by atoms with E-state index in [4.69, 9.17) is 29.9 Å². The Morgan fingerprint density at radius 3 is 0.690 bits per heavy atom. The van der Waals surface area contributed by atoms with E-state index in [1.54, 1.807) is 0 Å². The van der Waals surface area contributed by atoms with Crippen LogP contribution in [0, 0.1) is 0 Å². The number of rotatable bonds is 15. The Balaban J connectivity index is 0.000000150. The summed E-state index contributed by atoms with van der Waals surface area (Å²) >= 11 is 0. The largest absolute Gasteiger partial charge is 0.309 e. The van der Waals surface area contributed by atoms with Crippen molar-refractivity contribution in [3.05, 3.63) is 437 Å². The van der Waals surface area contributed by atoms with Gasteiger partial charge in [0, 0.05) is 66.3 Å². The molecule has 0 amide bonds. The monoisotopic (exact) mass is 1480 g/mol. The molecule has 0 N–H and O–H groups in total. The average molecular weight is 1480 g/mol. The first-order chi connectivity index (χ1) is 57.5. The molecule has 116 heavy (non-hydrogen) atoms. The number of aromatic nitrogens is 8. The predicted molar refractivity (Wildman–Crippen MR) is 479 cm³/mol. The topological polar surface area (TPSA) is 87.2 Å². The van der Waals surface area contributed by atoms with Crippen molar-refractivity contribution in [2.45, 2.75) is 0 Å². The van der Waals surface area contributed by atoms with E-state index in [-0.39, 0.29) is 0 Å². The van der Waals surface area contributed by atoms with Crippen LogP contribution in [0.1, 0.15) is 0 Å². The van der Waals surface area contributed by atoms with Crippen molar-refractivity contribution in [3.8, 4) is 158 Å². The minimum absolute atomic E-state index is 0.628. The van der Waals surface area contributed by atoms with Crippen molar-refractivity contribution in [3.63, 3.8) is 0 Å². The van der Waals surface area contributed by atoms with Crippen LogP contribution in [0.5, 0.6) is 0 Å². The first-order valence-electron chi connectivity index (χ1n) is 39.1. The molecule has 8 nitrogen and oxygen atoms in total. The summed E-state index contributed by atoms with van der Waals surface area (Å²) in [4.78, 5) is 30.1. The second kappa shape index (κ2) is 30.9. The zero-order valence-electron chi connectivity index (χ0n) is 63.1. The van der Waals surface area contributed by atoms with Gasteiger partial charge in [0.15, 0.2) is 34.9 Å². The van der Waals surface area contributed by atoms with Crippen molar-refractivity contribution >= 4 is 43.6 Å². The molecule has 4 aromatic heterocycles. The van der Waals surface area contributed by atoms with Gasteiger partial charge in [0.1, 0.15) is 0 Å². The van der Waals surface area contributed by atoms with E-state index in [0.717, 1.165) is 94.6 Å². The lowest BCUT2D eigenvalue weighted by molar-refractivity contribution is 1.07. The molecule has 0 bridgehead atoms. The molecular weight excluding hydrogens is 1410 g/mol. The maximum atomic E-state index is 5.06. The molecule has 0 saturated carbocycles. The van der Waals surface area contributed by atoms with Gasteiger partial charge in [-0.1, -0.05) is 358 Å². The third-order valence-electron chi connectivity index (χ3n) is 21.7. The Kier molecular flexibility index (Phi) is 18.5. The number of fused-ring (bicyclic) bond motifs is 6. The summed E-state index contributed by atoms with van der Waals surface area (Å²) in [5.74, 6) is 3.83. The van der Waals surface area contributed by atoms with Crippen LogP contribution in [0.2, 0.25) is 0 Å². The molecule has 4 heterocycles. The summed E-state index contributed by atoms with van der Waals surface area (Å²) in [6.07, 6.45) is 0. The Morgan fingerprint density at radius 2 is 0.362 bits per heavy atom. The Hall–Kier alpha value is -15.6. The molecule has 0 radical (unpaired) electrons. The summed E-state index contributed by atoms with van der Waals surface area (Å²) in [6.45, 7) is 0. The highest BCUT2D eigenvalue weighted by atomic mass is 15.0. The van der Waals surface area contributed by atoms with E-state index in [9.17, 15) is 0 Å². The summed E-state index contributed by atoms with van der Waals surface area (Å²) in [7, 11) is 0. The van der Waals surface area contributed by atoms with Crippen LogP contribution in [0.3, 0.4) is 0 Å². The van der Waals surface area contributed by atoms with Crippen LogP contribution in [-0.4, -0.2) is 39.0 Å². The highest BCUT2D eigenvalue weighted by Gasteiger charge is 2.23. The maximum Gasteiger partial charge on any atom is 0.164 e. The van der Waals surface area contributed by atoms with Gasteiger partial charge >= 0.3 is 0 Å². The van der Waals surface area contributed by atoms with E-state index in [2.05, 4.69) is 325 Å². The normalized spacial score (nSPS) is 11.3. The molecule has 0 aliphatic rings. The minimum Gasteiger partial charge on any atom is -0.309 e. The molecule has 8 heteroatoms. The Labute approximate surface area is 672 Å². The molecule has 21 rings (SSSR count). The Morgan fingerprint density at radius 1 is 0.138 bits per heavy atom. The maximum absolute atomic E-state index is 5.06. The van der Waals surface area contributed by atoms with Gasteiger partial charge in [-0.15, -0.1) is 0 Å². The highest BCUT2D eigenvalue weighted by Crippen LogP contribution is 2.45. The highest BCUT2D eigenvalue weighted by molar-refractivity contribution is 6.18. The number of benzene rings is 17. The van der Waals surface area contributed by atoms with Gasteiger partial charge in [-0.3, -0.25) is 0 Å². The third-order valence-corrected chi connectivity index (χ3v) is 21.7. The van der Waals surface area contributed by atoms with Crippen LogP contribution < -0.4 is 0 Å². The fourth-order valence-electron chi connectivity index (χ4n) is 16.1. The SMILES string of the molecule is c1ccc(-c2cccc(-c3cccc(-n4c5ccc(-c6ccccc6)cc5c5c(-c6cccc(-c7nc(-c8ccccc8)nc(-c8ccccc8)n7)c6)cccc54)c3)c2)cc1.c1ccc(-c2cccc(-n3c4ccc(-c5ccccc5)cc4c4c(-c5cccc(-c6nc(-c7ccccc7)nc(-c7ccccc7)n6)c5)cccc43)c2)cc1. The van der Waals surface area contributed by atoms with Gasteiger partial charge < -0.3 is 9.13 Å². The zero-order valence-corrected chi connectivity index (χ0v) is 63.1. The molecule has 0 aliphatic heterocycles. The van der Waals surface area contributed by atoms with Crippen LogP contribution >= 0.6 is 0 Å². The van der Waals surface area contributed by atoms with E-state index in [1.165, 1.54) is 71.6 Å². The molecule has 0 aliphatic carbocycles. The Bertz CT molecular complexity index is 7040. The average Bonchev–Trinajstić information content (AvgIpc) is 1.58. The van der Waals surface area contributed by atoms with Crippen molar-refractivity contribution in [2.24, 2.45) is 0 Å².